The fraction of sp³-hybridized carbons (Fsp3) is 0.478. The summed E-state index contributed by atoms with van der Waals surface area (Å²) in [7, 11) is -1.78. The molecule has 4 heterocycles. The number of carbonyl (C=O) groups excluding carboxylic acids is 1. The molecule has 2 aromatic heterocycles. The normalized spacial score (nSPS) is 18.5. The van der Waals surface area contributed by atoms with E-state index in [1.165, 1.54) is 21.2 Å². The second-order valence-corrected chi connectivity index (χ2v) is 12.8. The van der Waals surface area contributed by atoms with E-state index < -0.39 is 10.0 Å². The van der Waals surface area contributed by atoms with Gasteiger partial charge in [0.1, 0.15) is 15.5 Å². The predicted octanol–water partition coefficient (Wildman–Crippen LogP) is 3.42. The number of methoxy groups -OCH3 is 1. The van der Waals surface area contributed by atoms with Gasteiger partial charge in [-0.25, -0.2) is 13.4 Å². The Morgan fingerprint density at radius 2 is 1.82 bits per heavy atom. The number of benzene rings is 1. The molecule has 5 rings (SSSR count). The SMILES string of the molecule is COc1ccc(C)c2sc(N3CCN(C(=O)C4CCN(S(=O)(=O)c5cccs5)CC4)CC3)nc12. The fourth-order valence-corrected chi connectivity index (χ4v) is 8.37. The maximum atomic E-state index is 13.2. The lowest BCUT2D eigenvalue weighted by Gasteiger charge is -2.38. The number of aryl methyl sites for hydroxylation is 1. The number of aromatic nitrogens is 1. The second kappa shape index (κ2) is 9.44. The summed E-state index contributed by atoms with van der Waals surface area (Å²) in [6.45, 7) is 5.64. The number of piperidine rings is 1. The minimum atomic E-state index is -3.44. The van der Waals surface area contributed by atoms with Crippen molar-refractivity contribution in [3.05, 3.63) is 35.2 Å². The summed E-state index contributed by atoms with van der Waals surface area (Å²) < 4.78 is 34.0. The van der Waals surface area contributed by atoms with Crippen molar-refractivity contribution in [1.82, 2.24) is 14.2 Å². The Morgan fingerprint density at radius 3 is 2.47 bits per heavy atom. The van der Waals surface area contributed by atoms with E-state index in [1.54, 1.807) is 36.0 Å². The van der Waals surface area contributed by atoms with Crippen LogP contribution in [-0.4, -0.2) is 74.9 Å². The van der Waals surface area contributed by atoms with Gasteiger partial charge in [0.15, 0.2) is 5.13 Å². The predicted molar refractivity (Wildman–Crippen MR) is 136 cm³/mol. The summed E-state index contributed by atoms with van der Waals surface area (Å²) in [5.74, 6) is 0.815. The molecule has 0 N–H and O–H groups in total. The van der Waals surface area contributed by atoms with Crippen LogP contribution in [0.1, 0.15) is 18.4 Å². The lowest BCUT2D eigenvalue weighted by Crippen LogP contribution is -2.52. The summed E-state index contributed by atoms with van der Waals surface area (Å²) >= 11 is 2.90. The Balaban J connectivity index is 1.18. The molecule has 1 aromatic carbocycles. The van der Waals surface area contributed by atoms with Crippen molar-refractivity contribution in [2.24, 2.45) is 5.92 Å². The Labute approximate surface area is 207 Å². The van der Waals surface area contributed by atoms with Crippen LogP contribution in [0.5, 0.6) is 5.75 Å². The van der Waals surface area contributed by atoms with Crippen LogP contribution in [0, 0.1) is 12.8 Å². The number of anilines is 1. The Bertz CT molecular complexity index is 1270. The molecule has 2 aliphatic heterocycles. The number of ether oxygens (including phenoxy) is 1. The molecule has 34 heavy (non-hydrogen) atoms. The molecular weight excluding hydrogens is 492 g/mol. The van der Waals surface area contributed by atoms with Gasteiger partial charge in [-0.1, -0.05) is 23.5 Å². The van der Waals surface area contributed by atoms with Crippen LogP contribution in [-0.2, 0) is 14.8 Å². The van der Waals surface area contributed by atoms with Crippen molar-refractivity contribution in [2.75, 3.05) is 51.3 Å². The van der Waals surface area contributed by atoms with Crippen molar-refractivity contribution in [3.63, 3.8) is 0 Å². The van der Waals surface area contributed by atoms with E-state index in [2.05, 4.69) is 17.9 Å². The molecule has 2 aliphatic rings. The van der Waals surface area contributed by atoms with Crippen LogP contribution in [0.2, 0.25) is 0 Å². The van der Waals surface area contributed by atoms with Crippen LogP contribution in [0.25, 0.3) is 10.2 Å². The third-order valence-corrected chi connectivity index (χ3v) is 11.2. The summed E-state index contributed by atoms with van der Waals surface area (Å²) in [4.78, 5) is 22.2. The van der Waals surface area contributed by atoms with E-state index in [-0.39, 0.29) is 11.8 Å². The van der Waals surface area contributed by atoms with Gasteiger partial charge in [0.2, 0.25) is 5.91 Å². The lowest BCUT2D eigenvalue weighted by molar-refractivity contribution is -0.137. The van der Waals surface area contributed by atoms with Gasteiger partial charge >= 0.3 is 0 Å². The molecule has 0 unspecified atom stereocenters. The number of hydrogen-bond donors (Lipinski definition) is 0. The molecule has 0 aliphatic carbocycles. The van der Waals surface area contributed by atoms with Crippen molar-refractivity contribution >= 4 is 54.0 Å². The van der Waals surface area contributed by atoms with Crippen LogP contribution >= 0.6 is 22.7 Å². The van der Waals surface area contributed by atoms with Gasteiger partial charge in [0, 0.05) is 45.2 Å². The number of amides is 1. The number of fused-ring (bicyclic) bond motifs is 1. The number of carbonyl (C=O) groups is 1. The highest BCUT2D eigenvalue weighted by atomic mass is 32.2. The third kappa shape index (κ3) is 4.30. The van der Waals surface area contributed by atoms with Crippen LogP contribution in [0.15, 0.2) is 33.9 Å². The van der Waals surface area contributed by atoms with Crippen molar-refractivity contribution in [1.29, 1.82) is 0 Å². The van der Waals surface area contributed by atoms with Gasteiger partial charge in [-0.2, -0.15) is 4.31 Å². The number of sulfonamides is 1. The molecule has 0 saturated carbocycles. The van der Waals surface area contributed by atoms with E-state index >= 15 is 0 Å². The van der Waals surface area contributed by atoms with Crippen LogP contribution < -0.4 is 9.64 Å². The standard InChI is InChI=1S/C23H28N4O4S3/c1-16-5-6-18(31-2)20-21(16)33-23(24-20)26-13-11-25(12-14-26)22(28)17-7-9-27(10-8-17)34(29,30)19-4-3-15-32-19/h3-6,15,17H,7-14H2,1-2H3. The highest BCUT2D eigenvalue weighted by Crippen LogP contribution is 2.37. The van der Waals surface area contributed by atoms with Gasteiger partial charge in [-0.05, 0) is 42.8 Å². The highest BCUT2D eigenvalue weighted by molar-refractivity contribution is 7.91. The quantitative estimate of drug-likeness (QED) is 0.513. The number of thiophene rings is 1. The number of nitrogens with zero attached hydrogens (tertiary/aromatic N) is 4. The number of thiazole rings is 1. The molecule has 2 fully saturated rings. The van der Waals surface area contributed by atoms with Gasteiger partial charge in [-0.3, -0.25) is 4.79 Å². The Kier molecular flexibility index (Phi) is 6.54. The maximum Gasteiger partial charge on any atom is 0.252 e. The maximum absolute atomic E-state index is 13.2. The summed E-state index contributed by atoms with van der Waals surface area (Å²) in [5.41, 5.74) is 2.08. The van der Waals surface area contributed by atoms with Crippen molar-refractivity contribution in [3.8, 4) is 5.75 Å². The highest BCUT2D eigenvalue weighted by Gasteiger charge is 2.35. The Hall–Kier alpha value is -2.21. The first kappa shape index (κ1) is 23.5. The molecule has 1 amide bonds. The second-order valence-electron chi connectivity index (χ2n) is 8.68. The molecule has 8 nitrogen and oxygen atoms in total. The van der Waals surface area contributed by atoms with Crippen molar-refractivity contribution in [2.45, 2.75) is 24.0 Å². The molecule has 0 atom stereocenters. The Morgan fingerprint density at radius 1 is 1.09 bits per heavy atom. The first-order valence-electron chi connectivity index (χ1n) is 11.4. The third-order valence-electron chi connectivity index (χ3n) is 6.67. The molecule has 182 valence electrons. The largest absolute Gasteiger partial charge is 0.494 e. The zero-order chi connectivity index (χ0) is 23.9. The molecule has 3 aromatic rings. The summed E-state index contributed by atoms with van der Waals surface area (Å²) in [6, 6.07) is 7.39. The molecule has 0 radical (unpaired) electrons. The first-order chi connectivity index (χ1) is 16.4. The summed E-state index contributed by atoms with van der Waals surface area (Å²) in [5, 5.41) is 2.73. The van der Waals surface area contributed by atoms with Gasteiger partial charge < -0.3 is 14.5 Å². The van der Waals surface area contributed by atoms with E-state index in [4.69, 9.17) is 9.72 Å². The minimum Gasteiger partial charge on any atom is -0.494 e. The first-order valence-corrected chi connectivity index (χ1v) is 14.5. The van der Waals surface area contributed by atoms with Crippen LogP contribution in [0.4, 0.5) is 5.13 Å². The van der Waals surface area contributed by atoms with E-state index in [9.17, 15) is 13.2 Å². The smallest absolute Gasteiger partial charge is 0.252 e. The van der Waals surface area contributed by atoms with Gasteiger partial charge in [0.05, 0.1) is 11.8 Å². The average Bonchev–Trinajstić information content (AvgIpc) is 3.56. The molecule has 2 saturated heterocycles. The van der Waals surface area contributed by atoms with E-state index in [0.717, 1.165) is 34.2 Å². The lowest BCUT2D eigenvalue weighted by atomic mass is 9.96. The topological polar surface area (TPSA) is 83.0 Å². The van der Waals surface area contributed by atoms with Crippen LogP contribution in [0.3, 0.4) is 0 Å². The molecular formula is C23H28N4O4S3. The summed E-state index contributed by atoms with van der Waals surface area (Å²) in [6.07, 6.45) is 1.14. The minimum absolute atomic E-state index is 0.115. The van der Waals surface area contributed by atoms with Crippen molar-refractivity contribution < 1.29 is 17.9 Å². The monoisotopic (exact) mass is 520 g/mol. The van der Waals surface area contributed by atoms with Gasteiger partial charge in [0.25, 0.3) is 10.0 Å². The van der Waals surface area contributed by atoms with E-state index in [0.29, 0.717) is 43.2 Å². The average molecular weight is 521 g/mol. The molecule has 0 spiro atoms. The molecule has 11 heteroatoms. The van der Waals surface area contributed by atoms with Gasteiger partial charge in [-0.15, -0.1) is 11.3 Å². The number of hydrogen-bond acceptors (Lipinski definition) is 8. The fourth-order valence-electron chi connectivity index (χ4n) is 4.66. The zero-order valence-corrected chi connectivity index (χ0v) is 21.7. The number of piperazine rings is 1. The molecule has 0 bridgehead atoms. The number of rotatable bonds is 5. The van der Waals surface area contributed by atoms with E-state index in [1.807, 2.05) is 11.0 Å². The zero-order valence-electron chi connectivity index (χ0n) is 19.3.